The Morgan fingerprint density at radius 3 is 2.43 bits per heavy atom. The maximum atomic E-state index is 12.5. The molecular formula is C16H19ClN2O2. The van der Waals surface area contributed by atoms with Gasteiger partial charge in [-0.2, -0.15) is 0 Å². The molecule has 0 bridgehead atoms. The number of benzene rings is 1. The molecule has 0 spiro atoms. The van der Waals surface area contributed by atoms with Crippen LogP contribution in [0.3, 0.4) is 0 Å². The first kappa shape index (κ1) is 14.4. The van der Waals surface area contributed by atoms with Crippen molar-refractivity contribution in [3.63, 3.8) is 0 Å². The van der Waals surface area contributed by atoms with Crippen molar-refractivity contribution in [2.24, 2.45) is 5.92 Å². The van der Waals surface area contributed by atoms with Gasteiger partial charge in [0.2, 0.25) is 11.8 Å². The summed E-state index contributed by atoms with van der Waals surface area (Å²) in [5.74, 6) is -0.0431. The molecule has 2 aliphatic heterocycles. The minimum atomic E-state index is -0.203. The van der Waals surface area contributed by atoms with Crippen molar-refractivity contribution in [3.05, 3.63) is 29.3 Å². The van der Waals surface area contributed by atoms with Gasteiger partial charge in [-0.15, -0.1) is 0 Å². The van der Waals surface area contributed by atoms with Crippen LogP contribution in [0.15, 0.2) is 24.3 Å². The number of hydrogen-bond donors (Lipinski definition) is 0. The number of carbonyl (C=O) groups is 2. The van der Waals surface area contributed by atoms with E-state index >= 15 is 0 Å². The molecule has 2 heterocycles. The SMILES string of the molecule is O=C([C@@H]1CC(=O)N(c2ccc(Cl)cc2)C1)N1CCCCC1. The summed E-state index contributed by atoms with van der Waals surface area (Å²) in [5, 5.41) is 0.645. The van der Waals surface area contributed by atoms with E-state index in [2.05, 4.69) is 0 Å². The molecule has 0 radical (unpaired) electrons. The fraction of sp³-hybridized carbons (Fsp3) is 0.500. The van der Waals surface area contributed by atoms with Crippen LogP contribution in [-0.4, -0.2) is 36.3 Å². The second-order valence-corrected chi connectivity index (χ2v) is 6.20. The summed E-state index contributed by atoms with van der Waals surface area (Å²) >= 11 is 5.87. The van der Waals surface area contributed by atoms with E-state index in [1.807, 2.05) is 17.0 Å². The number of halogens is 1. The van der Waals surface area contributed by atoms with Crippen LogP contribution >= 0.6 is 11.6 Å². The minimum Gasteiger partial charge on any atom is -0.342 e. The van der Waals surface area contributed by atoms with Crippen LogP contribution < -0.4 is 4.90 Å². The Kier molecular flexibility index (Phi) is 4.15. The average Bonchev–Trinajstić information content (AvgIpc) is 2.90. The lowest BCUT2D eigenvalue weighted by molar-refractivity contribution is -0.136. The quantitative estimate of drug-likeness (QED) is 0.843. The Balaban J connectivity index is 1.69. The number of likely N-dealkylation sites (tertiary alicyclic amines) is 1. The highest BCUT2D eigenvalue weighted by Gasteiger charge is 2.37. The number of piperidine rings is 1. The lowest BCUT2D eigenvalue weighted by atomic mass is 10.0. The Morgan fingerprint density at radius 2 is 1.76 bits per heavy atom. The smallest absolute Gasteiger partial charge is 0.228 e. The highest BCUT2D eigenvalue weighted by molar-refractivity contribution is 6.30. The molecule has 0 N–H and O–H groups in total. The molecule has 5 heteroatoms. The van der Waals surface area contributed by atoms with Gasteiger partial charge in [-0.1, -0.05) is 11.6 Å². The average molecular weight is 307 g/mol. The predicted molar refractivity (Wildman–Crippen MR) is 82.3 cm³/mol. The zero-order valence-corrected chi connectivity index (χ0v) is 12.7. The second-order valence-electron chi connectivity index (χ2n) is 5.77. The van der Waals surface area contributed by atoms with Gasteiger partial charge in [0.1, 0.15) is 0 Å². The van der Waals surface area contributed by atoms with Gasteiger partial charge < -0.3 is 9.80 Å². The van der Waals surface area contributed by atoms with Crippen LogP contribution in [0.4, 0.5) is 5.69 Å². The number of anilines is 1. The molecule has 3 rings (SSSR count). The maximum absolute atomic E-state index is 12.5. The van der Waals surface area contributed by atoms with Gasteiger partial charge in [0.25, 0.3) is 0 Å². The van der Waals surface area contributed by atoms with E-state index in [4.69, 9.17) is 11.6 Å². The molecule has 4 nitrogen and oxygen atoms in total. The van der Waals surface area contributed by atoms with Gasteiger partial charge in [-0.25, -0.2) is 0 Å². The molecule has 0 unspecified atom stereocenters. The summed E-state index contributed by atoms with van der Waals surface area (Å²) in [5.41, 5.74) is 0.818. The summed E-state index contributed by atoms with van der Waals surface area (Å²) in [7, 11) is 0. The number of amides is 2. The highest BCUT2D eigenvalue weighted by Crippen LogP contribution is 2.28. The van der Waals surface area contributed by atoms with Crippen molar-refractivity contribution in [2.45, 2.75) is 25.7 Å². The predicted octanol–water partition coefficient (Wildman–Crippen LogP) is 2.71. The Labute approximate surface area is 129 Å². The molecule has 2 fully saturated rings. The fourth-order valence-corrected chi connectivity index (χ4v) is 3.24. The topological polar surface area (TPSA) is 40.6 Å². The number of hydrogen-bond acceptors (Lipinski definition) is 2. The van der Waals surface area contributed by atoms with Crippen LogP contribution in [0, 0.1) is 5.92 Å². The third-order valence-corrected chi connectivity index (χ3v) is 4.53. The minimum absolute atomic E-state index is 0.0210. The van der Waals surface area contributed by atoms with Crippen molar-refractivity contribution in [3.8, 4) is 0 Å². The lowest BCUT2D eigenvalue weighted by Crippen LogP contribution is -2.40. The van der Waals surface area contributed by atoms with E-state index in [0.717, 1.165) is 31.6 Å². The fourth-order valence-electron chi connectivity index (χ4n) is 3.12. The van der Waals surface area contributed by atoms with Crippen molar-refractivity contribution in [1.29, 1.82) is 0 Å². The van der Waals surface area contributed by atoms with Gasteiger partial charge in [-0.05, 0) is 43.5 Å². The molecule has 1 atom stereocenters. The third-order valence-electron chi connectivity index (χ3n) is 4.28. The molecule has 21 heavy (non-hydrogen) atoms. The summed E-state index contributed by atoms with van der Waals surface area (Å²) < 4.78 is 0. The summed E-state index contributed by atoms with van der Waals surface area (Å²) in [6.07, 6.45) is 3.67. The summed E-state index contributed by atoms with van der Waals surface area (Å²) in [4.78, 5) is 28.3. The van der Waals surface area contributed by atoms with E-state index in [-0.39, 0.29) is 17.7 Å². The van der Waals surface area contributed by atoms with Gasteiger partial charge in [-0.3, -0.25) is 9.59 Å². The zero-order valence-electron chi connectivity index (χ0n) is 11.9. The first-order chi connectivity index (χ1) is 10.1. The van der Waals surface area contributed by atoms with Crippen molar-refractivity contribution < 1.29 is 9.59 Å². The van der Waals surface area contributed by atoms with Crippen molar-refractivity contribution in [1.82, 2.24) is 4.90 Å². The molecule has 0 saturated carbocycles. The normalized spacial score (nSPS) is 22.7. The van der Waals surface area contributed by atoms with Gasteiger partial charge in [0, 0.05) is 36.8 Å². The third kappa shape index (κ3) is 3.05. The van der Waals surface area contributed by atoms with E-state index in [1.165, 1.54) is 6.42 Å². The molecule has 1 aromatic rings. The molecule has 1 aromatic carbocycles. The van der Waals surface area contributed by atoms with Crippen LogP contribution in [0.2, 0.25) is 5.02 Å². The van der Waals surface area contributed by atoms with E-state index in [0.29, 0.717) is 18.0 Å². The molecule has 2 saturated heterocycles. The Bertz CT molecular complexity index is 538. The monoisotopic (exact) mass is 306 g/mol. The summed E-state index contributed by atoms with van der Waals surface area (Å²) in [6, 6.07) is 7.19. The first-order valence-electron chi connectivity index (χ1n) is 7.50. The van der Waals surface area contributed by atoms with Crippen molar-refractivity contribution in [2.75, 3.05) is 24.5 Å². The van der Waals surface area contributed by atoms with E-state index in [9.17, 15) is 9.59 Å². The largest absolute Gasteiger partial charge is 0.342 e. The van der Waals surface area contributed by atoms with Gasteiger partial charge >= 0.3 is 0 Å². The number of rotatable bonds is 2. The van der Waals surface area contributed by atoms with Crippen molar-refractivity contribution >= 4 is 29.1 Å². The number of carbonyl (C=O) groups excluding carboxylic acids is 2. The van der Waals surface area contributed by atoms with Crippen LogP contribution in [-0.2, 0) is 9.59 Å². The van der Waals surface area contributed by atoms with Gasteiger partial charge in [0.15, 0.2) is 0 Å². The van der Waals surface area contributed by atoms with Crippen LogP contribution in [0.1, 0.15) is 25.7 Å². The molecule has 0 aromatic heterocycles. The lowest BCUT2D eigenvalue weighted by Gasteiger charge is -2.29. The zero-order chi connectivity index (χ0) is 14.8. The van der Waals surface area contributed by atoms with E-state index < -0.39 is 0 Å². The maximum Gasteiger partial charge on any atom is 0.228 e. The Morgan fingerprint density at radius 1 is 1.10 bits per heavy atom. The first-order valence-corrected chi connectivity index (χ1v) is 7.87. The molecular weight excluding hydrogens is 288 g/mol. The second kappa shape index (κ2) is 6.06. The molecule has 0 aliphatic carbocycles. The number of nitrogens with zero attached hydrogens (tertiary/aromatic N) is 2. The van der Waals surface area contributed by atoms with E-state index in [1.54, 1.807) is 17.0 Å². The molecule has 2 aliphatic rings. The highest BCUT2D eigenvalue weighted by atomic mass is 35.5. The standard InChI is InChI=1S/C16H19ClN2O2/c17-13-4-6-14(7-5-13)19-11-12(10-15(19)20)16(21)18-8-2-1-3-9-18/h4-7,12H,1-3,8-11H2/t12-/m1/s1. The molecule has 112 valence electrons. The van der Waals surface area contributed by atoms with Crippen LogP contribution in [0.5, 0.6) is 0 Å². The van der Waals surface area contributed by atoms with Crippen LogP contribution in [0.25, 0.3) is 0 Å². The molecule has 2 amide bonds. The Hall–Kier alpha value is -1.55. The summed E-state index contributed by atoms with van der Waals surface area (Å²) in [6.45, 7) is 2.16. The van der Waals surface area contributed by atoms with Gasteiger partial charge in [0.05, 0.1) is 5.92 Å².